The van der Waals surface area contributed by atoms with Crippen molar-refractivity contribution in [3.05, 3.63) is 82.6 Å². The molecule has 6 nitrogen and oxygen atoms in total. The molecule has 3 aromatic rings. The van der Waals surface area contributed by atoms with E-state index >= 15 is 4.39 Å². The molecule has 1 heterocycles. The lowest BCUT2D eigenvalue weighted by Crippen LogP contribution is -2.53. The normalized spacial score (nSPS) is 22.0. The molecule has 0 aliphatic heterocycles. The zero-order valence-electron chi connectivity index (χ0n) is 22.4. The second-order valence-corrected chi connectivity index (χ2v) is 13.3. The Morgan fingerprint density at radius 1 is 1.10 bits per heavy atom. The van der Waals surface area contributed by atoms with E-state index in [9.17, 15) is 21.6 Å². The Bertz CT molecular complexity index is 1490. The number of hydrogen-bond acceptors (Lipinski definition) is 6. The Morgan fingerprint density at radius 3 is 2.54 bits per heavy atom. The van der Waals surface area contributed by atoms with Crippen molar-refractivity contribution in [2.75, 3.05) is 12.4 Å². The molecular weight excluding hydrogens is 580 g/mol. The third-order valence-corrected chi connectivity index (χ3v) is 10.3. The van der Waals surface area contributed by atoms with E-state index < -0.39 is 38.0 Å². The van der Waals surface area contributed by atoms with Gasteiger partial charge < -0.3 is 5.32 Å². The Kier molecular flexibility index (Phi) is 8.59. The number of anilines is 1. The number of halogens is 5. The van der Waals surface area contributed by atoms with Crippen LogP contribution in [0.2, 0.25) is 5.02 Å². The summed E-state index contributed by atoms with van der Waals surface area (Å²) in [5, 5.41) is 3.42. The summed E-state index contributed by atoms with van der Waals surface area (Å²) in [5.41, 5.74) is 0.514. The summed E-state index contributed by atoms with van der Waals surface area (Å²) in [7, 11) is -2.03. The second-order valence-electron chi connectivity index (χ2n) is 10.9. The highest BCUT2D eigenvalue weighted by Gasteiger charge is 2.39. The number of rotatable bonds is 8. The number of likely N-dealkylation sites (N-methyl/N-ethyl adjacent to an activating group) is 1. The molecular formula is C29H31ClF4N4O2S. The van der Waals surface area contributed by atoms with Crippen LogP contribution in [0.3, 0.4) is 0 Å². The average molecular weight is 611 g/mol. The van der Waals surface area contributed by atoms with Crippen molar-refractivity contribution < 1.29 is 26.0 Å². The molecule has 41 heavy (non-hydrogen) atoms. The van der Waals surface area contributed by atoms with Gasteiger partial charge in [-0.3, -0.25) is 4.90 Å². The summed E-state index contributed by atoms with van der Waals surface area (Å²) >= 11 is 6.50. The van der Waals surface area contributed by atoms with Gasteiger partial charge in [-0.2, -0.15) is 13.2 Å². The lowest BCUT2D eigenvalue weighted by Gasteiger charge is -2.47. The van der Waals surface area contributed by atoms with Gasteiger partial charge in [0, 0.05) is 24.3 Å². The molecule has 0 amide bonds. The molecule has 0 spiro atoms. The molecule has 0 bridgehead atoms. The molecule has 2 fully saturated rings. The largest absolute Gasteiger partial charge is 0.416 e. The predicted octanol–water partition coefficient (Wildman–Crippen LogP) is 6.86. The number of nitrogens with zero attached hydrogens (tertiary/aromatic N) is 3. The number of benzene rings is 2. The summed E-state index contributed by atoms with van der Waals surface area (Å²) in [5.74, 6) is -1.49. The molecule has 3 atom stereocenters. The van der Waals surface area contributed by atoms with E-state index in [1.807, 2.05) is 7.05 Å². The van der Waals surface area contributed by atoms with Gasteiger partial charge in [0.05, 0.1) is 27.7 Å². The summed E-state index contributed by atoms with van der Waals surface area (Å²) < 4.78 is 81.2. The lowest BCUT2D eigenvalue weighted by molar-refractivity contribution is -0.137. The van der Waals surface area contributed by atoms with Crippen molar-refractivity contribution in [3.63, 3.8) is 0 Å². The average Bonchev–Trinajstić information content (AvgIpc) is 2.89. The SMILES string of the molecule is CN(C1CCC1)[C@H]1C[C@@H](c2cccc(C(F)(F)F)c2)CC[C@@H]1Nc1cc(F)c(S(=O)(=O)Cc2ccncn2)cc1Cl. The molecule has 2 aromatic carbocycles. The number of sulfone groups is 1. The Hall–Kier alpha value is -2.76. The Morgan fingerprint density at radius 2 is 1.88 bits per heavy atom. The van der Waals surface area contributed by atoms with E-state index in [1.165, 1.54) is 30.7 Å². The first-order chi connectivity index (χ1) is 19.4. The fourth-order valence-corrected chi connectivity index (χ4v) is 7.51. The molecule has 2 saturated carbocycles. The molecule has 220 valence electrons. The quantitative estimate of drug-likeness (QED) is 0.281. The van der Waals surface area contributed by atoms with Crippen molar-refractivity contribution in [2.45, 2.75) is 79.4 Å². The monoisotopic (exact) mass is 610 g/mol. The first-order valence-corrected chi connectivity index (χ1v) is 15.6. The van der Waals surface area contributed by atoms with E-state index in [2.05, 4.69) is 20.2 Å². The van der Waals surface area contributed by atoms with Gasteiger partial charge >= 0.3 is 6.18 Å². The molecule has 0 radical (unpaired) electrons. The van der Waals surface area contributed by atoms with Crippen LogP contribution in [0.5, 0.6) is 0 Å². The van der Waals surface area contributed by atoms with E-state index in [1.54, 1.807) is 6.07 Å². The molecule has 2 aliphatic rings. The van der Waals surface area contributed by atoms with Crippen molar-refractivity contribution in [1.82, 2.24) is 14.9 Å². The van der Waals surface area contributed by atoms with E-state index in [0.717, 1.165) is 37.5 Å². The van der Waals surface area contributed by atoms with Crippen LogP contribution in [-0.4, -0.2) is 48.5 Å². The number of aromatic nitrogens is 2. The molecule has 1 N–H and O–H groups in total. The Balaban J connectivity index is 1.37. The number of hydrogen-bond donors (Lipinski definition) is 1. The zero-order chi connectivity index (χ0) is 29.4. The lowest BCUT2D eigenvalue weighted by atomic mass is 9.76. The van der Waals surface area contributed by atoms with Gasteiger partial charge in [-0.15, -0.1) is 0 Å². The highest BCUT2D eigenvalue weighted by Crippen LogP contribution is 2.41. The maximum Gasteiger partial charge on any atom is 0.416 e. The van der Waals surface area contributed by atoms with Crippen LogP contribution in [0.15, 0.2) is 59.9 Å². The molecule has 2 aliphatic carbocycles. The van der Waals surface area contributed by atoms with E-state index in [0.29, 0.717) is 30.9 Å². The number of alkyl halides is 3. The zero-order valence-corrected chi connectivity index (χ0v) is 24.0. The van der Waals surface area contributed by atoms with E-state index in [4.69, 9.17) is 11.6 Å². The summed E-state index contributed by atoms with van der Waals surface area (Å²) in [6.45, 7) is 0. The van der Waals surface area contributed by atoms with Gasteiger partial charge in [-0.05, 0) is 74.9 Å². The van der Waals surface area contributed by atoms with Gasteiger partial charge in [0.15, 0.2) is 9.84 Å². The fourth-order valence-electron chi connectivity index (χ4n) is 5.85. The summed E-state index contributed by atoms with van der Waals surface area (Å²) in [6, 6.07) is 9.36. The van der Waals surface area contributed by atoms with Crippen LogP contribution in [-0.2, 0) is 21.8 Å². The fraction of sp³-hybridized carbons (Fsp3) is 0.448. The Labute approximate surface area is 242 Å². The van der Waals surface area contributed by atoms with Gasteiger partial charge in [0.2, 0.25) is 0 Å². The van der Waals surface area contributed by atoms with Gasteiger partial charge in [-0.1, -0.05) is 36.2 Å². The van der Waals surface area contributed by atoms with Crippen molar-refractivity contribution >= 4 is 27.1 Å². The topological polar surface area (TPSA) is 75.2 Å². The summed E-state index contributed by atoms with van der Waals surface area (Å²) in [6.07, 6.45) is 3.31. The van der Waals surface area contributed by atoms with Crippen LogP contribution in [0.4, 0.5) is 23.2 Å². The van der Waals surface area contributed by atoms with Crippen LogP contribution in [0.1, 0.15) is 61.3 Å². The standard InChI is InChI=1S/C29H31ClF4N4O2S/c1-38(22-6-3-7-22)27-13-19(18-4-2-5-20(12-18)29(32,33)34)8-9-25(27)37-26-15-24(31)28(14-23(26)30)41(39,40)16-21-10-11-35-17-36-21/h2,4-5,10-12,14-15,17,19,22,25,27,37H,3,6-9,13,16H2,1H3/t19-,25-,27-/m0/s1. The van der Waals surface area contributed by atoms with Crippen molar-refractivity contribution in [3.8, 4) is 0 Å². The minimum Gasteiger partial charge on any atom is -0.379 e. The predicted molar refractivity (Wildman–Crippen MR) is 149 cm³/mol. The molecule has 1 aromatic heterocycles. The highest BCUT2D eigenvalue weighted by molar-refractivity contribution is 7.90. The second kappa shape index (κ2) is 11.9. The minimum atomic E-state index is -4.41. The molecule has 12 heteroatoms. The highest BCUT2D eigenvalue weighted by atomic mass is 35.5. The van der Waals surface area contributed by atoms with E-state index in [-0.39, 0.29) is 34.4 Å². The third-order valence-electron chi connectivity index (χ3n) is 8.35. The van der Waals surface area contributed by atoms with Crippen LogP contribution < -0.4 is 5.32 Å². The van der Waals surface area contributed by atoms with Crippen LogP contribution in [0, 0.1) is 5.82 Å². The van der Waals surface area contributed by atoms with Crippen LogP contribution >= 0.6 is 11.6 Å². The maximum atomic E-state index is 15.2. The third kappa shape index (κ3) is 6.67. The minimum absolute atomic E-state index is 0.0473. The molecule has 5 rings (SSSR count). The van der Waals surface area contributed by atoms with Crippen molar-refractivity contribution in [2.24, 2.45) is 0 Å². The van der Waals surface area contributed by atoms with Gasteiger partial charge in [-0.25, -0.2) is 22.8 Å². The maximum absolute atomic E-state index is 15.2. The number of nitrogens with one attached hydrogen (secondary N) is 1. The first-order valence-electron chi connectivity index (χ1n) is 13.5. The smallest absolute Gasteiger partial charge is 0.379 e. The summed E-state index contributed by atoms with van der Waals surface area (Å²) in [4.78, 5) is 9.45. The van der Waals surface area contributed by atoms with Crippen LogP contribution in [0.25, 0.3) is 0 Å². The first kappa shape index (κ1) is 29.7. The molecule has 0 unspecified atom stereocenters. The van der Waals surface area contributed by atoms with Gasteiger partial charge in [0.1, 0.15) is 17.0 Å². The molecule has 0 saturated heterocycles. The van der Waals surface area contributed by atoms with Crippen molar-refractivity contribution in [1.29, 1.82) is 0 Å². The van der Waals surface area contributed by atoms with Gasteiger partial charge in [0.25, 0.3) is 0 Å².